The molecule has 0 aliphatic heterocycles. The Kier molecular flexibility index (Phi) is 6.70. The van der Waals surface area contributed by atoms with E-state index < -0.39 is 0 Å². The summed E-state index contributed by atoms with van der Waals surface area (Å²) in [5, 5.41) is 3.00. The maximum atomic E-state index is 12.3. The van der Waals surface area contributed by atoms with Crippen LogP contribution in [0.4, 0.5) is 0 Å². The first-order chi connectivity index (χ1) is 12.0. The van der Waals surface area contributed by atoms with E-state index in [0.717, 1.165) is 21.3 Å². The van der Waals surface area contributed by atoms with Gasteiger partial charge in [0.05, 0.1) is 38.3 Å². The van der Waals surface area contributed by atoms with Crippen LogP contribution in [-0.4, -0.2) is 27.2 Å². The number of nitrogens with one attached hydrogen (secondary N) is 1. The molecule has 0 radical (unpaired) electrons. The summed E-state index contributed by atoms with van der Waals surface area (Å²) in [5.41, 5.74) is 1.83. The van der Waals surface area contributed by atoms with Crippen molar-refractivity contribution in [3.05, 3.63) is 52.0 Å². The Morgan fingerprint density at radius 2 is 1.68 bits per heavy atom. The van der Waals surface area contributed by atoms with E-state index in [0.29, 0.717) is 11.5 Å². The molecule has 0 aromatic heterocycles. The summed E-state index contributed by atoms with van der Waals surface area (Å²) in [6.45, 7) is 1.94. The molecule has 0 spiro atoms. The molecule has 0 bridgehead atoms. The molecule has 2 rings (SSSR count). The summed E-state index contributed by atoms with van der Waals surface area (Å²) >= 11 is 3.43. The van der Waals surface area contributed by atoms with E-state index in [2.05, 4.69) is 21.2 Å². The summed E-state index contributed by atoms with van der Waals surface area (Å²) < 4.78 is 16.7. The van der Waals surface area contributed by atoms with Gasteiger partial charge in [0, 0.05) is 0 Å². The van der Waals surface area contributed by atoms with Crippen LogP contribution in [0.15, 0.2) is 40.9 Å². The second-order valence-electron chi connectivity index (χ2n) is 5.55. The van der Waals surface area contributed by atoms with E-state index in [1.165, 1.54) is 0 Å². The topological polar surface area (TPSA) is 56.8 Å². The fourth-order valence-electron chi connectivity index (χ4n) is 2.50. The van der Waals surface area contributed by atoms with Crippen molar-refractivity contribution in [2.75, 3.05) is 21.3 Å². The number of hydrogen-bond donors (Lipinski definition) is 1. The number of carbonyl (C=O) groups excluding carboxylic acids is 1. The van der Waals surface area contributed by atoms with Crippen molar-refractivity contribution in [1.82, 2.24) is 5.32 Å². The zero-order valence-corrected chi connectivity index (χ0v) is 16.3. The van der Waals surface area contributed by atoms with E-state index in [-0.39, 0.29) is 18.4 Å². The van der Waals surface area contributed by atoms with Crippen LogP contribution >= 0.6 is 15.9 Å². The predicted octanol–water partition coefficient (Wildman–Crippen LogP) is 3.89. The van der Waals surface area contributed by atoms with Gasteiger partial charge in [-0.05, 0) is 58.2 Å². The Labute approximate surface area is 156 Å². The van der Waals surface area contributed by atoms with Crippen molar-refractivity contribution in [2.45, 2.75) is 19.4 Å². The number of carbonyl (C=O) groups is 1. The first-order valence-corrected chi connectivity index (χ1v) is 8.61. The average molecular weight is 408 g/mol. The Balaban J connectivity index is 2.04. The lowest BCUT2D eigenvalue weighted by Crippen LogP contribution is -2.28. The minimum atomic E-state index is -0.130. The Hall–Kier alpha value is -2.21. The van der Waals surface area contributed by atoms with Gasteiger partial charge in [-0.15, -0.1) is 0 Å². The standard InChI is InChI=1S/C19H22BrNO4/c1-12(14-6-7-15(20)17(11-14)24-3)21-19(22)10-13-5-8-16(23-2)18(9-13)25-4/h5-9,11-12H,10H2,1-4H3,(H,21,22). The smallest absolute Gasteiger partial charge is 0.224 e. The maximum Gasteiger partial charge on any atom is 0.224 e. The van der Waals surface area contributed by atoms with Gasteiger partial charge in [-0.1, -0.05) is 12.1 Å². The molecule has 0 fully saturated rings. The molecule has 2 aromatic carbocycles. The summed E-state index contributed by atoms with van der Waals surface area (Å²) in [5.74, 6) is 1.92. The van der Waals surface area contributed by atoms with E-state index >= 15 is 0 Å². The van der Waals surface area contributed by atoms with Gasteiger partial charge in [0.15, 0.2) is 11.5 Å². The molecule has 0 heterocycles. The second-order valence-corrected chi connectivity index (χ2v) is 6.40. The van der Waals surface area contributed by atoms with Crippen LogP contribution < -0.4 is 19.5 Å². The van der Waals surface area contributed by atoms with Crippen LogP contribution in [0.5, 0.6) is 17.2 Å². The maximum absolute atomic E-state index is 12.3. The normalized spacial score (nSPS) is 11.6. The van der Waals surface area contributed by atoms with Gasteiger partial charge in [-0.3, -0.25) is 4.79 Å². The van der Waals surface area contributed by atoms with Crippen molar-refractivity contribution in [3.63, 3.8) is 0 Å². The van der Waals surface area contributed by atoms with Gasteiger partial charge in [-0.25, -0.2) is 0 Å². The molecule has 5 nitrogen and oxygen atoms in total. The Morgan fingerprint density at radius 1 is 1.00 bits per heavy atom. The molecular formula is C19H22BrNO4. The molecule has 1 atom stereocenters. The number of hydrogen-bond acceptors (Lipinski definition) is 4. The van der Waals surface area contributed by atoms with Crippen LogP contribution in [0.25, 0.3) is 0 Å². The van der Waals surface area contributed by atoms with Crippen LogP contribution in [-0.2, 0) is 11.2 Å². The molecular weight excluding hydrogens is 386 g/mol. The van der Waals surface area contributed by atoms with Crippen LogP contribution in [0.1, 0.15) is 24.1 Å². The molecule has 0 aliphatic rings. The first kappa shape index (κ1) is 19.1. The highest BCUT2D eigenvalue weighted by Crippen LogP contribution is 2.29. The highest BCUT2D eigenvalue weighted by Gasteiger charge is 2.13. The lowest BCUT2D eigenvalue weighted by Gasteiger charge is -2.16. The molecule has 0 aliphatic carbocycles. The lowest BCUT2D eigenvalue weighted by atomic mass is 10.1. The minimum Gasteiger partial charge on any atom is -0.496 e. The van der Waals surface area contributed by atoms with Gasteiger partial charge in [0.25, 0.3) is 0 Å². The molecule has 0 saturated heterocycles. The van der Waals surface area contributed by atoms with Crippen molar-refractivity contribution < 1.29 is 19.0 Å². The molecule has 6 heteroatoms. The molecule has 1 unspecified atom stereocenters. The zero-order valence-electron chi connectivity index (χ0n) is 14.8. The lowest BCUT2D eigenvalue weighted by molar-refractivity contribution is -0.121. The van der Waals surface area contributed by atoms with Gasteiger partial charge in [0.2, 0.25) is 5.91 Å². The number of ether oxygens (including phenoxy) is 3. The van der Waals surface area contributed by atoms with E-state index in [1.807, 2.05) is 37.3 Å². The molecule has 0 saturated carbocycles. The summed E-state index contributed by atoms with van der Waals surface area (Å²) in [6, 6.07) is 11.1. The highest BCUT2D eigenvalue weighted by molar-refractivity contribution is 9.10. The van der Waals surface area contributed by atoms with E-state index in [4.69, 9.17) is 14.2 Å². The van der Waals surface area contributed by atoms with E-state index in [9.17, 15) is 4.79 Å². The number of benzene rings is 2. The van der Waals surface area contributed by atoms with Gasteiger partial charge < -0.3 is 19.5 Å². The fraction of sp³-hybridized carbons (Fsp3) is 0.316. The van der Waals surface area contributed by atoms with Crippen molar-refractivity contribution in [2.24, 2.45) is 0 Å². The molecule has 134 valence electrons. The summed E-state index contributed by atoms with van der Waals surface area (Å²) in [7, 11) is 4.77. The zero-order chi connectivity index (χ0) is 18.4. The van der Waals surface area contributed by atoms with Gasteiger partial charge in [-0.2, -0.15) is 0 Å². The van der Waals surface area contributed by atoms with Crippen LogP contribution in [0.2, 0.25) is 0 Å². The van der Waals surface area contributed by atoms with Crippen molar-refractivity contribution in [1.29, 1.82) is 0 Å². The first-order valence-electron chi connectivity index (χ1n) is 7.82. The molecule has 2 aromatic rings. The predicted molar refractivity (Wildman–Crippen MR) is 101 cm³/mol. The third kappa shape index (κ3) is 4.89. The average Bonchev–Trinajstić information content (AvgIpc) is 2.61. The highest BCUT2D eigenvalue weighted by atomic mass is 79.9. The largest absolute Gasteiger partial charge is 0.496 e. The second kappa shape index (κ2) is 8.76. The molecule has 25 heavy (non-hydrogen) atoms. The number of amides is 1. The third-order valence-electron chi connectivity index (χ3n) is 3.87. The van der Waals surface area contributed by atoms with Gasteiger partial charge in [0.1, 0.15) is 5.75 Å². The third-order valence-corrected chi connectivity index (χ3v) is 4.52. The summed E-state index contributed by atoms with van der Waals surface area (Å²) in [4.78, 5) is 12.3. The molecule has 1 N–H and O–H groups in total. The SMILES string of the molecule is COc1cc(C(C)NC(=O)Cc2ccc(OC)c(OC)c2)ccc1Br. The monoisotopic (exact) mass is 407 g/mol. The Bertz CT molecular complexity index is 748. The minimum absolute atomic E-state index is 0.0680. The number of methoxy groups -OCH3 is 3. The quantitative estimate of drug-likeness (QED) is 0.755. The van der Waals surface area contributed by atoms with E-state index in [1.54, 1.807) is 27.4 Å². The van der Waals surface area contributed by atoms with Crippen LogP contribution in [0, 0.1) is 0 Å². The number of halogens is 1. The van der Waals surface area contributed by atoms with Gasteiger partial charge >= 0.3 is 0 Å². The molecule has 1 amide bonds. The number of rotatable bonds is 7. The van der Waals surface area contributed by atoms with Crippen molar-refractivity contribution >= 4 is 21.8 Å². The Morgan fingerprint density at radius 3 is 2.32 bits per heavy atom. The summed E-state index contributed by atoms with van der Waals surface area (Å²) in [6.07, 6.45) is 0.262. The van der Waals surface area contributed by atoms with Crippen molar-refractivity contribution in [3.8, 4) is 17.2 Å². The fourth-order valence-corrected chi connectivity index (χ4v) is 2.91. The van der Waals surface area contributed by atoms with Crippen LogP contribution in [0.3, 0.4) is 0 Å².